The van der Waals surface area contributed by atoms with Gasteiger partial charge in [-0.3, -0.25) is 0 Å². The molecule has 2 saturated heterocycles. The van der Waals surface area contributed by atoms with Crippen LogP contribution in [-0.2, 0) is 29.7 Å². The maximum atomic E-state index is 11.7. The molecule has 2 aliphatic rings. The molecule has 0 radical (unpaired) electrons. The topological polar surface area (TPSA) is 66.4 Å². The van der Waals surface area contributed by atoms with E-state index in [0.717, 1.165) is 70.8 Å². The van der Waals surface area contributed by atoms with E-state index in [1.165, 1.54) is 44.1 Å². The average molecular weight is 777 g/mol. The third-order valence-corrected chi connectivity index (χ3v) is 22.0. The molecule has 1 aromatic rings. The van der Waals surface area contributed by atoms with E-state index in [4.69, 9.17) is 23.1 Å². The minimum Gasteiger partial charge on any atom is -0.411 e. The summed E-state index contributed by atoms with van der Waals surface area (Å²) in [6.45, 7) is 27.1. The number of hydrogen-bond acceptors (Lipinski definition) is 6. The summed E-state index contributed by atoms with van der Waals surface area (Å²) < 4.78 is 33.8. The number of ether oxygens (including phenoxy) is 3. The summed E-state index contributed by atoms with van der Waals surface area (Å²) in [6.07, 6.45) is 18.5. The average Bonchev–Trinajstić information content (AvgIpc) is 3.59. The first-order valence-electron chi connectivity index (χ1n) is 21.9. The summed E-state index contributed by atoms with van der Waals surface area (Å²) >= 11 is 0. The normalized spacial score (nSPS) is 23.6. The summed E-state index contributed by atoms with van der Waals surface area (Å²) in [5.74, 6) is 0. The molecule has 2 heterocycles. The summed E-state index contributed by atoms with van der Waals surface area (Å²) in [5.41, 5.74) is 1.23. The van der Waals surface area contributed by atoms with Crippen molar-refractivity contribution in [2.45, 2.75) is 243 Å². The molecule has 0 saturated carbocycles. The molecule has 3 rings (SSSR count). The van der Waals surface area contributed by atoms with Crippen molar-refractivity contribution in [3.8, 4) is 0 Å². The van der Waals surface area contributed by atoms with E-state index in [9.17, 15) is 5.11 Å². The summed E-state index contributed by atoms with van der Waals surface area (Å²) in [5, 5.41) is 11.9. The Morgan fingerprint density at radius 2 is 1.26 bits per heavy atom. The van der Waals surface area contributed by atoms with E-state index in [-0.39, 0.29) is 40.6 Å². The monoisotopic (exact) mass is 777 g/mol. The molecule has 1 N–H and O–H groups in total. The first-order chi connectivity index (χ1) is 24.9. The molecule has 2 aliphatic heterocycles. The lowest BCUT2D eigenvalue weighted by Gasteiger charge is -2.43. The molecule has 6 nitrogen and oxygen atoms in total. The van der Waals surface area contributed by atoms with Crippen molar-refractivity contribution in [1.82, 2.24) is 0 Å². The minimum absolute atomic E-state index is 0.0135. The molecule has 0 aromatic heterocycles. The van der Waals surface area contributed by atoms with Crippen molar-refractivity contribution in [3.05, 3.63) is 35.9 Å². The summed E-state index contributed by atoms with van der Waals surface area (Å²) in [7, 11) is -4.03. The van der Waals surface area contributed by atoms with E-state index in [0.29, 0.717) is 19.1 Å². The molecular weight excluding hydrogens is 693 g/mol. The molecule has 1 aromatic carbocycles. The standard InChI is InChI=1S/C45H84O6Si2/c1-12-13-14-20-26-37-27-23-29-40(48-37)43(51-53(10,11)45(5,6)7)31-30-38(46)39-32-33-41(49-39)42(50-52(8,9)44(2,3)4)28-21-15-16-22-34-47-35-36-24-18-17-19-25-36/h17-19,24-25,37-43,46H,12-16,20-23,26-35H2,1-11H3/t37-,38-,39+,40-,41+,42+,43-/m0/s1. The van der Waals surface area contributed by atoms with E-state index < -0.39 is 22.7 Å². The molecule has 2 fully saturated rings. The van der Waals surface area contributed by atoms with Crippen LogP contribution in [0.2, 0.25) is 36.3 Å². The van der Waals surface area contributed by atoms with Crippen LogP contribution in [0.15, 0.2) is 30.3 Å². The molecule has 53 heavy (non-hydrogen) atoms. The molecule has 0 bridgehead atoms. The van der Waals surface area contributed by atoms with Crippen LogP contribution in [0.5, 0.6) is 0 Å². The van der Waals surface area contributed by atoms with Crippen molar-refractivity contribution < 1.29 is 28.2 Å². The van der Waals surface area contributed by atoms with Gasteiger partial charge in [-0.2, -0.15) is 0 Å². The van der Waals surface area contributed by atoms with Crippen LogP contribution in [0.3, 0.4) is 0 Å². The van der Waals surface area contributed by atoms with Gasteiger partial charge < -0.3 is 28.2 Å². The molecule has 0 spiro atoms. The van der Waals surface area contributed by atoms with Crippen LogP contribution in [0.1, 0.15) is 163 Å². The maximum absolute atomic E-state index is 11.7. The number of aliphatic hydroxyl groups excluding tert-OH is 1. The van der Waals surface area contributed by atoms with E-state index >= 15 is 0 Å². The fourth-order valence-electron chi connectivity index (χ4n) is 7.40. The fourth-order valence-corrected chi connectivity index (χ4v) is 10.2. The van der Waals surface area contributed by atoms with Gasteiger partial charge >= 0.3 is 0 Å². The van der Waals surface area contributed by atoms with Gasteiger partial charge in [-0.1, -0.05) is 124 Å². The lowest BCUT2D eigenvalue weighted by Crippen LogP contribution is -2.49. The molecule has 0 aliphatic carbocycles. The first-order valence-corrected chi connectivity index (χ1v) is 27.7. The number of unbranched alkanes of at least 4 members (excludes halogenated alkanes) is 6. The third kappa shape index (κ3) is 16.1. The Morgan fingerprint density at radius 1 is 0.679 bits per heavy atom. The second-order valence-electron chi connectivity index (χ2n) is 19.6. The van der Waals surface area contributed by atoms with Gasteiger partial charge in [0, 0.05) is 6.61 Å². The number of benzene rings is 1. The van der Waals surface area contributed by atoms with E-state index in [1.54, 1.807) is 0 Å². The van der Waals surface area contributed by atoms with Gasteiger partial charge in [0.2, 0.25) is 0 Å². The van der Waals surface area contributed by atoms with Crippen molar-refractivity contribution in [3.63, 3.8) is 0 Å². The van der Waals surface area contributed by atoms with Gasteiger partial charge in [-0.25, -0.2) is 0 Å². The van der Waals surface area contributed by atoms with Crippen LogP contribution in [-0.4, -0.2) is 71.1 Å². The summed E-state index contributed by atoms with van der Waals surface area (Å²) in [4.78, 5) is 0. The van der Waals surface area contributed by atoms with Crippen LogP contribution in [0.4, 0.5) is 0 Å². The lowest BCUT2D eigenvalue weighted by molar-refractivity contribution is -0.111. The van der Waals surface area contributed by atoms with Crippen LogP contribution in [0, 0.1) is 0 Å². The van der Waals surface area contributed by atoms with Crippen molar-refractivity contribution >= 4 is 16.6 Å². The Bertz CT molecular complexity index is 1120. The predicted octanol–water partition coefficient (Wildman–Crippen LogP) is 12.5. The fraction of sp³-hybridized carbons (Fsp3) is 0.867. The molecule has 8 heteroatoms. The zero-order valence-electron chi connectivity index (χ0n) is 36.4. The highest BCUT2D eigenvalue weighted by atomic mass is 28.4. The van der Waals surface area contributed by atoms with Crippen molar-refractivity contribution in [2.75, 3.05) is 6.61 Å². The van der Waals surface area contributed by atoms with Gasteiger partial charge in [0.05, 0.1) is 49.3 Å². The zero-order chi connectivity index (χ0) is 39.1. The highest BCUT2D eigenvalue weighted by Crippen LogP contribution is 2.42. The van der Waals surface area contributed by atoms with E-state index in [2.05, 4.69) is 98.9 Å². The quantitative estimate of drug-likeness (QED) is 0.0833. The maximum Gasteiger partial charge on any atom is 0.192 e. The molecule has 0 unspecified atom stereocenters. The zero-order valence-corrected chi connectivity index (χ0v) is 38.4. The first kappa shape index (κ1) is 46.8. The van der Waals surface area contributed by atoms with Gasteiger partial charge in [-0.05, 0) is 106 Å². The second kappa shape index (κ2) is 22.4. The Morgan fingerprint density at radius 3 is 1.91 bits per heavy atom. The van der Waals surface area contributed by atoms with Gasteiger partial charge in [-0.15, -0.1) is 0 Å². The van der Waals surface area contributed by atoms with Crippen LogP contribution < -0.4 is 0 Å². The second-order valence-corrected chi connectivity index (χ2v) is 29.1. The van der Waals surface area contributed by atoms with Crippen molar-refractivity contribution in [2.24, 2.45) is 0 Å². The Kier molecular flexibility index (Phi) is 19.8. The van der Waals surface area contributed by atoms with Crippen LogP contribution >= 0.6 is 0 Å². The Labute approximate surface area is 329 Å². The Hall–Kier alpha value is -0.586. The predicted molar refractivity (Wildman–Crippen MR) is 228 cm³/mol. The highest BCUT2D eigenvalue weighted by molar-refractivity contribution is 6.74. The summed E-state index contributed by atoms with van der Waals surface area (Å²) in [6, 6.07) is 10.4. The molecule has 0 amide bonds. The molecular formula is C45H84O6Si2. The lowest BCUT2D eigenvalue weighted by atomic mass is 9.94. The number of hydrogen-bond donors (Lipinski definition) is 1. The Balaban J connectivity index is 1.56. The van der Waals surface area contributed by atoms with Gasteiger partial charge in [0.1, 0.15) is 0 Å². The third-order valence-electron chi connectivity index (χ3n) is 13.0. The number of rotatable bonds is 24. The van der Waals surface area contributed by atoms with Gasteiger partial charge in [0.15, 0.2) is 16.6 Å². The molecule has 308 valence electrons. The minimum atomic E-state index is -2.03. The van der Waals surface area contributed by atoms with E-state index in [1.807, 2.05) is 6.07 Å². The van der Waals surface area contributed by atoms with Crippen molar-refractivity contribution in [1.29, 1.82) is 0 Å². The largest absolute Gasteiger partial charge is 0.411 e. The SMILES string of the molecule is CCCCCC[C@H]1CCC[C@@H]([C@H](CC[C@H](O)[C@H]2CC[C@H]([C@@H](CCCCCCOCc3ccccc3)O[Si](C)(C)C(C)(C)C)O2)O[Si](C)(C)C(C)(C)C)O1. The highest BCUT2D eigenvalue weighted by Gasteiger charge is 2.45. The number of aliphatic hydroxyl groups is 1. The molecule has 7 atom stereocenters. The van der Waals surface area contributed by atoms with Gasteiger partial charge in [0.25, 0.3) is 0 Å². The smallest absolute Gasteiger partial charge is 0.192 e. The van der Waals surface area contributed by atoms with Crippen LogP contribution in [0.25, 0.3) is 0 Å².